The van der Waals surface area contributed by atoms with Crippen molar-refractivity contribution in [2.45, 2.75) is 12.8 Å². The van der Waals surface area contributed by atoms with Crippen molar-refractivity contribution >= 4 is 34.8 Å². The molecule has 0 aliphatic carbocycles. The van der Waals surface area contributed by atoms with Crippen LogP contribution in [-0.4, -0.2) is 41.3 Å². The highest BCUT2D eigenvalue weighted by Gasteiger charge is 2.19. The summed E-state index contributed by atoms with van der Waals surface area (Å²) in [7, 11) is 0. The number of carbonyl (C=O) groups is 2. The van der Waals surface area contributed by atoms with E-state index in [-0.39, 0.29) is 18.4 Å². The molecule has 0 unspecified atom stereocenters. The molecular formula is C16H16ClN3O2S. The first-order valence-corrected chi connectivity index (χ1v) is 8.67. The monoisotopic (exact) mass is 349 g/mol. The van der Waals surface area contributed by atoms with Crippen molar-refractivity contribution in [1.29, 1.82) is 0 Å². The summed E-state index contributed by atoms with van der Waals surface area (Å²) in [5.41, 5.74) is 1.24. The Balaban J connectivity index is 1.59. The number of nitrogens with one attached hydrogen (secondary N) is 1. The zero-order valence-corrected chi connectivity index (χ0v) is 14.0. The summed E-state index contributed by atoms with van der Waals surface area (Å²) < 4.78 is 0. The van der Waals surface area contributed by atoms with Crippen molar-refractivity contribution in [2.75, 3.05) is 19.6 Å². The van der Waals surface area contributed by atoms with Crippen molar-refractivity contribution in [1.82, 2.24) is 15.2 Å². The lowest BCUT2D eigenvalue weighted by Crippen LogP contribution is -2.38. The Kier molecular flexibility index (Phi) is 4.93. The number of halogens is 1. The number of aromatic nitrogens is 1. The van der Waals surface area contributed by atoms with Gasteiger partial charge in [-0.15, -0.1) is 11.3 Å². The molecule has 0 atom stereocenters. The van der Waals surface area contributed by atoms with Gasteiger partial charge < -0.3 is 10.2 Å². The Labute approximate surface area is 143 Å². The zero-order chi connectivity index (χ0) is 16.2. The highest BCUT2D eigenvalue weighted by Crippen LogP contribution is 2.25. The third-order valence-corrected chi connectivity index (χ3v) is 4.83. The average molecular weight is 350 g/mol. The minimum Gasteiger partial charge on any atom is -0.342 e. The number of nitrogens with zero attached hydrogens (tertiary/aromatic N) is 2. The summed E-state index contributed by atoms with van der Waals surface area (Å²) in [6, 6.07) is 7.29. The first kappa shape index (κ1) is 16.0. The second-order valence-electron chi connectivity index (χ2n) is 5.32. The number of likely N-dealkylation sites (tertiary alicyclic amines) is 1. The van der Waals surface area contributed by atoms with Gasteiger partial charge in [-0.2, -0.15) is 0 Å². The Morgan fingerprint density at radius 2 is 1.91 bits per heavy atom. The summed E-state index contributed by atoms with van der Waals surface area (Å²) in [5.74, 6) is -0.363. The van der Waals surface area contributed by atoms with Gasteiger partial charge in [-0.05, 0) is 25.0 Å². The molecule has 5 nitrogen and oxygen atoms in total. The molecule has 120 valence electrons. The lowest BCUT2D eigenvalue weighted by atomic mass is 10.2. The molecule has 1 aromatic heterocycles. The van der Waals surface area contributed by atoms with Crippen molar-refractivity contribution < 1.29 is 9.59 Å². The van der Waals surface area contributed by atoms with Gasteiger partial charge in [-0.1, -0.05) is 23.7 Å². The van der Waals surface area contributed by atoms with E-state index in [2.05, 4.69) is 10.3 Å². The van der Waals surface area contributed by atoms with Crippen molar-refractivity contribution in [3.05, 3.63) is 40.4 Å². The molecule has 3 rings (SSSR count). The van der Waals surface area contributed by atoms with Crippen molar-refractivity contribution in [3.8, 4) is 10.6 Å². The van der Waals surface area contributed by atoms with Gasteiger partial charge >= 0.3 is 0 Å². The van der Waals surface area contributed by atoms with Gasteiger partial charge in [0.05, 0.1) is 6.54 Å². The smallest absolute Gasteiger partial charge is 0.271 e. The standard InChI is InChI=1S/C16H16ClN3O2S/c17-12-5-3-11(4-6-12)16-19-13(10-23-16)15(22)18-9-14(21)20-7-1-2-8-20/h3-6,10H,1-2,7-9H2,(H,18,22). The molecule has 1 N–H and O–H groups in total. The molecule has 0 radical (unpaired) electrons. The molecule has 2 heterocycles. The number of carbonyl (C=O) groups excluding carboxylic acids is 2. The van der Waals surface area contributed by atoms with Gasteiger partial charge in [-0.3, -0.25) is 9.59 Å². The maximum atomic E-state index is 12.1. The van der Waals surface area contributed by atoms with E-state index < -0.39 is 0 Å². The normalized spacial score (nSPS) is 14.0. The maximum Gasteiger partial charge on any atom is 0.271 e. The van der Waals surface area contributed by atoms with E-state index in [0.29, 0.717) is 10.7 Å². The second kappa shape index (κ2) is 7.10. The highest BCUT2D eigenvalue weighted by atomic mass is 35.5. The molecule has 0 spiro atoms. The van der Waals surface area contributed by atoms with E-state index >= 15 is 0 Å². The van der Waals surface area contributed by atoms with E-state index in [1.54, 1.807) is 22.4 Å². The van der Waals surface area contributed by atoms with Crippen LogP contribution in [0.1, 0.15) is 23.3 Å². The molecule has 1 aliphatic heterocycles. The van der Waals surface area contributed by atoms with Crippen LogP contribution in [0.25, 0.3) is 10.6 Å². The number of hydrogen-bond donors (Lipinski definition) is 1. The van der Waals surface area contributed by atoms with Gasteiger partial charge in [-0.25, -0.2) is 4.98 Å². The maximum absolute atomic E-state index is 12.1. The fraction of sp³-hybridized carbons (Fsp3) is 0.312. The summed E-state index contributed by atoms with van der Waals surface area (Å²) in [6.45, 7) is 1.59. The Hall–Kier alpha value is -1.92. The molecule has 0 saturated carbocycles. The molecule has 1 aliphatic rings. The molecule has 1 fully saturated rings. The number of hydrogen-bond acceptors (Lipinski definition) is 4. The minimum atomic E-state index is -0.325. The summed E-state index contributed by atoms with van der Waals surface area (Å²) in [6.07, 6.45) is 2.08. The van der Waals surface area contributed by atoms with Crippen LogP contribution in [0.15, 0.2) is 29.6 Å². The highest BCUT2D eigenvalue weighted by molar-refractivity contribution is 7.13. The lowest BCUT2D eigenvalue weighted by molar-refractivity contribution is -0.129. The lowest BCUT2D eigenvalue weighted by Gasteiger charge is -2.14. The largest absolute Gasteiger partial charge is 0.342 e. The minimum absolute atomic E-state index is 0.0205. The van der Waals surface area contributed by atoms with Crippen LogP contribution in [0.4, 0.5) is 0 Å². The number of thiazole rings is 1. The van der Waals surface area contributed by atoms with Crippen molar-refractivity contribution in [3.63, 3.8) is 0 Å². The molecule has 0 bridgehead atoms. The predicted octanol–water partition coefficient (Wildman–Crippen LogP) is 2.82. The molecule has 23 heavy (non-hydrogen) atoms. The van der Waals surface area contributed by atoms with Crippen LogP contribution < -0.4 is 5.32 Å². The number of amides is 2. The predicted molar refractivity (Wildman–Crippen MR) is 90.7 cm³/mol. The Bertz CT molecular complexity index is 708. The zero-order valence-electron chi connectivity index (χ0n) is 12.4. The first-order valence-electron chi connectivity index (χ1n) is 7.41. The quantitative estimate of drug-likeness (QED) is 0.923. The van der Waals surface area contributed by atoms with Crippen LogP contribution >= 0.6 is 22.9 Å². The van der Waals surface area contributed by atoms with E-state index in [1.807, 2.05) is 12.1 Å². The summed E-state index contributed by atoms with van der Waals surface area (Å²) in [4.78, 5) is 30.1. The van der Waals surface area contributed by atoms with Gasteiger partial charge in [0, 0.05) is 29.1 Å². The molecule has 7 heteroatoms. The van der Waals surface area contributed by atoms with Crippen LogP contribution in [0, 0.1) is 0 Å². The van der Waals surface area contributed by atoms with Crippen LogP contribution in [0.5, 0.6) is 0 Å². The molecule has 2 amide bonds. The van der Waals surface area contributed by atoms with E-state index in [9.17, 15) is 9.59 Å². The van der Waals surface area contributed by atoms with E-state index in [0.717, 1.165) is 36.5 Å². The van der Waals surface area contributed by atoms with Crippen LogP contribution in [-0.2, 0) is 4.79 Å². The average Bonchev–Trinajstić information content (AvgIpc) is 3.24. The Morgan fingerprint density at radius 1 is 1.22 bits per heavy atom. The number of rotatable bonds is 4. The first-order chi connectivity index (χ1) is 11.1. The van der Waals surface area contributed by atoms with Gasteiger partial charge in [0.1, 0.15) is 10.7 Å². The molecule has 2 aromatic rings. The number of benzene rings is 1. The SMILES string of the molecule is O=C(NCC(=O)N1CCCC1)c1csc(-c2ccc(Cl)cc2)n1. The fourth-order valence-electron chi connectivity index (χ4n) is 2.43. The topological polar surface area (TPSA) is 62.3 Å². The van der Waals surface area contributed by atoms with Crippen LogP contribution in [0.3, 0.4) is 0 Å². The third-order valence-electron chi connectivity index (χ3n) is 3.69. The van der Waals surface area contributed by atoms with Gasteiger partial charge in [0.25, 0.3) is 5.91 Å². The molecule has 1 aromatic carbocycles. The van der Waals surface area contributed by atoms with Crippen molar-refractivity contribution in [2.24, 2.45) is 0 Å². The molecule has 1 saturated heterocycles. The van der Waals surface area contributed by atoms with Gasteiger partial charge in [0.15, 0.2) is 0 Å². The Morgan fingerprint density at radius 3 is 2.61 bits per heavy atom. The third kappa shape index (κ3) is 3.89. The van der Waals surface area contributed by atoms with Crippen LogP contribution in [0.2, 0.25) is 5.02 Å². The fourth-order valence-corrected chi connectivity index (χ4v) is 3.36. The summed E-state index contributed by atoms with van der Waals surface area (Å²) in [5, 5.41) is 5.74. The summed E-state index contributed by atoms with van der Waals surface area (Å²) >= 11 is 7.25. The van der Waals surface area contributed by atoms with E-state index in [1.165, 1.54) is 11.3 Å². The van der Waals surface area contributed by atoms with Gasteiger partial charge in [0.2, 0.25) is 5.91 Å². The molecular weight excluding hydrogens is 334 g/mol. The van der Waals surface area contributed by atoms with E-state index in [4.69, 9.17) is 11.6 Å². The second-order valence-corrected chi connectivity index (χ2v) is 6.61.